The van der Waals surface area contributed by atoms with Crippen LogP contribution in [0, 0.1) is 0 Å². The maximum Gasteiger partial charge on any atom is 0.323 e. The van der Waals surface area contributed by atoms with Gasteiger partial charge >= 0.3 is 5.97 Å². The molecule has 0 aliphatic heterocycles. The lowest BCUT2D eigenvalue weighted by Gasteiger charge is -2.20. The number of carbonyl (C=O) groups excluding carboxylic acids is 1. The van der Waals surface area contributed by atoms with Gasteiger partial charge in [-0.05, 0) is 18.6 Å². The molecule has 0 saturated heterocycles. The maximum atomic E-state index is 12.5. The van der Waals surface area contributed by atoms with Crippen LogP contribution in [0.3, 0.4) is 0 Å². The zero-order valence-corrected chi connectivity index (χ0v) is 11.1. The molecule has 2 aromatic rings. The third-order valence-electron chi connectivity index (χ3n) is 2.88. The van der Waals surface area contributed by atoms with Crippen molar-refractivity contribution >= 4 is 22.8 Å². The van der Waals surface area contributed by atoms with E-state index >= 15 is 0 Å². The van der Waals surface area contributed by atoms with E-state index in [1.807, 2.05) is 6.92 Å². The van der Waals surface area contributed by atoms with Gasteiger partial charge in [0, 0.05) is 30.5 Å². The molecule has 104 valence electrons. The van der Waals surface area contributed by atoms with Crippen LogP contribution in [0.4, 0.5) is 0 Å². The molecule has 6 nitrogen and oxygen atoms in total. The van der Waals surface area contributed by atoms with Gasteiger partial charge in [0.05, 0.1) is 11.1 Å². The molecule has 0 aliphatic carbocycles. The summed E-state index contributed by atoms with van der Waals surface area (Å²) in [6.45, 7) is 1.99. The molecule has 1 N–H and O–H groups in total. The third-order valence-corrected chi connectivity index (χ3v) is 2.88. The standard InChI is InChI=1S/C14H15N3O3/c1-2-7-17(9-13(18)19)14(20)10-3-6-16-12-4-5-15-8-11(10)12/h3-6,8H,2,7,9H2,1H3,(H,18,19). The van der Waals surface area contributed by atoms with Gasteiger partial charge in [-0.1, -0.05) is 6.92 Å². The Kier molecular flexibility index (Phi) is 4.24. The summed E-state index contributed by atoms with van der Waals surface area (Å²) in [5, 5.41) is 9.53. The molecule has 2 aromatic heterocycles. The summed E-state index contributed by atoms with van der Waals surface area (Å²) >= 11 is 0. The highest BCUT2D eigenvalue weighted by molar-refractivity contribution is 6.06. The smallest absolute Gasteiger partial charge is 0.323 e. The predicted octanol–water partition coefficient (Wildman–Crippen LogP) is 1.57. The first-order valence-electron chi connectivity index (χ1n) is 6.33. The van der Waals surface area contributed by atoms with Crippen molar-refractivity contribution in [3.8, 4) is 0 Å². The topological polar surface area (TPSA) is 83.4 Å². The Labute approximate surface area is 116 Å². The summed E-state index contributed by atoms with van der Waals surface area (Å²) in [5.74, 6) is -1.34. The lowest BCUT2D eigenvalue weighted by atomic mass is 10.1. The van der Waals surface area contributed by atoms with Gasteiger partial charge in [-0.15, -0.1) is 0 Å². The summed E-state index contributed by atoms with van der Waals surface area (Å²) in [6, 6.07) is 3.31. The van der Waals surface area contributed by atoms with Crippen LogP contribution in [0.1, 0.15) is 23.7 Å². The zero-order chi connectivity index (χ0) is 14.5. The minimum atomic E-state index is -1.02. The molecule has 0 atom stereocenters. The summed E-state index contributed by atoms with van der Waals surface area (Å²) < 4.78 is 0. The summed E-state index contributed by atoms with van der Waals surface area (Å²) in [5.41, 5.74) is 1.09. The largest absolute Gasteiger partial charge is 0.480 e. The number of aromatic nitrogens is 2. The van der Waals surface area contributed by atoms with Crippen molar-refractivity contribution in [1.29, 1.82) is 0 Å². The fourth-order valence-electron chi connectivity index (χ4n) is 2.03. The van der Waals surface area contributed by atoms with Crippen LogP contribution in [-0.2, 0) is 4.79 Å². The highest BCUT2D eigenvalue weighted by atomic mass is 16.4. The monoisotopic (exact) mass is 273 g/mol. The average molecular weight is 273 g/mol. The first-order chi connectivity index (χ1) is 9.63. The van der Waals surface area contributed by atoms with E-state index in [-0.39, 0.29) is 12.5 Å². The zero-order valence-electron chi connectivity index (χ0n) is 11.1. The fraction of sp³-hybridized carbons (Fsp3) is 0.286. The third kappa shape index (κ3) is 2.90. The van der Waals surface area contributed by atoms with Crippen molar-refractivity contribution in [2.75, 3.05) is 13.1 Å². The average Bonchev–Trinajstić information content (AvgIpc) is 2.45. The number of rotatable bonds is 5. The Morgan fingerprint density at radius 3 is 2.80 bits per heavy atom. The number of aliphatic carboxylic acids is 1. The van der Waals surface area contributed by atoms with Crippen LogP contribution < -0.4 is 0 Å². The van der Waals surface area contributed by atoms with Crippen LogP contribution in [0.25, 0.3) is 10.9 Å². The van der Waals surface area contributed by atoms with Crippen molar-refractivity contribution in [3.05, 3.63) is 36.3 Å². The van der Waals surface area contributed by atoms with Gasteiger partial charge in [0.1, 0.15) is 6.54 Å². The van der Waals surface area contributed by atoms with Crippen molar-refractivity contribution in [1.82, 2.24) is 14.9 Å². The first-order valence-corrected chi connectivity index (χ1v) is 6.33. The van der Waals surface area contributed by atoms with E-state index < -0.39 is 5.97 Å². The van der Waals surface area contributed by atoms with Gasteiger partial charge in [0.2, 0.25) is 0 Å². The van der Waals surface area contributed by atoms with Crippen LogP contribution >= 0.6 is 0 Å². The van der Waals surface area contributed by atoms with Gasteiger partial charge in [-0.3, -0.25) is 19.6 Å². The molecule has 0 spiro atoms. The maximum absolute atomic E-state index is 12.5. The Morgan fingerprint density at radius 2 is 2.10 bits per heavy atom. The second-order valence-corrected chi connectivity index (χ2v) is 4.37. The van der Waals surface area contributed by atoms with E-state index in [9.17, 15) is 9.59 Å². The molecule has 2 heterocycles. The van der Waals surface area contributed by atoms with Crippen molar-refractivity contribution < 1.29 is 14.7 Å². The molecule has 0 aromatic carbocycles. The van der Waals surface area contributed by atoms with E-state index in [2.05, 4.69) is 9.97 Å². The number of carboxylic acids is 1. The van der Waals surface area contributed by atoms with E-state index in [0.717, 1.165) is 0 Å². The van der Waals surface area contributed by atoms with Crippen molar-refractivity contribution in [2.45, 2.75) is 13.3 Å². The van der Waals surface area contributed by atoms with Gasteiger partial charge in [0.25, 0.3) is 5.91 Å². The van der Waals surface area contributed by atoms with E-state index in [0.29, 0.717) is 29.4 Å². The lowest BCUT2D eigenvalue weighted by Crippen LogP contribution is -2.36. The Bertz CT molecular complexity index is 637. The normalized spacial score (nSPS) is 10.4. The van der Waals surface area contributed by atoms with Crippen LogP contribution in [-0.4, -0.2) is 44.9 Å². The molecule has 0 unspecified atom stereocenters. The summed E-state index contributed by atoms with van der Waals surface area (Å²) in [6.07, 6.45) is 5.41. The number of hydrogen-bond donors (Lipinski definition) is 1. The number of carboxylic acid groups (broad SMARTS) is 1. The second kappa shape index (κ2) is 6.10. The molecular formula is C14H15N3O3. The molecule has 2 rings (SSSR count). The number of fused-ring (bicyclic) bond motifs is 1. The molecule has 0 saturated carbocycles. The molecule has 6 heteroatoms. The van der Waals surface area contributed by atoms with Gasteiger partial charge in [-0.2, -0.15) is 0 Å². The van der Waals surface area contributed by atoms with Crippen LogP contribution in [0.2, 0.25) is 0 Å². The minimum Gasteiger partial charge on any atom is -0.480 e. The highest BCUT2D eigenvalue weighted by Gasteiger charge is 2.19. The molecule has 0 fully saturated rings. The second-order valence-electron chi connectivity index (χ2n) is 4.37. The Hall–Kier alpha value is -2.50. The fourth-order valence-corrected chi connectivity index (χ4v) is 2.03. The highest BCUT2D eigenvalue weighted by Crippen LogP contribution is 2.17. The van der Waals surface area contributed by atoms with Gasteiger partial charge < -0.3 is 10.0 Å². The van der Waals surface area contributed by atoms with Crippen LogP contribution in [0.15, 0.2) is 30.7 Å². The number of pyridine rings is 2. The SMILES string of the molecule is CCCN(CC(=O)O)C(=O)c1ccnc2ccncc12. The van der Waals surface area contributed by atoms with Crippen molar-refractivity contribution in [2.24, 2.45) is 0 Å². The van der Waals surface area contributed by atoms with Gasteiger partial charge in [0.15, 0.2) is 0 Å². The number of amides is 1. The predicted molar refractivity (Wildman–Crippen MR) is 73.4 cm³/mol. The van der Waals surface area contributed by atoms with E-state index in [1.165, 1.54) is 4.90 Å². The van der Waals surface area contributed by atoms with Gasteiger partial charge in [-0.25, -0.2) is 0 Å². The Morgan fingerprint density at radius 1 is 1.30 bits per heavy atom. The summed E-state index contributed by atoms with van der Waals surface area (Å²) in [7, 11) is 0. The molecule has 1 amide bonds. The minimum absolute atomic E-state index is 0.309. The molecular weight excluding hydrogens is 258 g/mol. The molecule has 0 aliphatic rings. The molecule has 0 bridgehead atoms. The number of hydrogen-bond acceptors (Lipinski definition) is 4. The van der Waals surface area contributed by atoms with E-state index in [4.69, 9.17) is 5.11 Å². The van der Waals surface area contributed by atoms with Crippen LogP contribution in [0.5, 0.6) is 0 Å². The molecule has 20 heavy (non-hydrogen) atoms. The quantitative estimate of drug-likeness (QED) is 0.894. The Balaban J connectivity index is 2.40. The number of carbonyl (C=O) groups is 2. The number of nitrogens with zero attached hydrogens (tertiary/aromatic N) is 3. The summed E-state index contributed by atoms with van der Waals surface area (Å²) in [4.78, 5) is 32.8. The molecule has 0 radical (unpaired) electrons. The lowest BCUT2D eigenvalue weighted by molar-refractivity contribution is -0.137. The first kappa shape index (κ1) is 13.9. The van der Waals surface area contributed by atoms with E-state index in [1.54, 1.807) is 30.7 Å². The van der Waals surface area contributed by atoms with Crippen molar-refractivity contribution in [3.63, 3.8) is 0 Å².